The summed E-state index contributed by atoms with van der Waals surface area (Å²) in [6.45, 7) is 1.70. The average molecular weight is 536 g/mol. The van der Waals surface area contributed by atoms with E-state index in [4.69, 9.17) is 23.3 Å². The maximum atomic E-state index is 12.3. The lowest BCUT2D eigenvalue weighted by Gasteiger charge is -2.41. The molecule has 2 saturated heterocycles. The molecule has 7 nitrogen and oxygen atoms in total. The van der Waals surface area contributed by atoms with Gasteiger partial charge < -0.3 is 15.4 Å². The van der Waals surface area contributed by atoms with E-state index in [-0.39, 0.29) is 36.1 Å². The summed E-state index contributed by atoms with van der Waals surface area (Å²) in [5, 5.41) is 4.49. The minimum absolute atomic E-state index is 0.0547. The lowest BCUT2D eigenvalue weighted by atomic mass is 9.91. The minimum Gasteiger partial charge on any atom is -0.384 e. The van der Waals surface area contributed by atoms with Gasteiger partial charge in [0.15, 0.2) is 0 Å². The van der Waals surface area contributed by atoms with Crippen molar-refractivity contribution in [1.82, 2.24) is 14.9 Å². The van der Waals surface area contributed by atoms with Crippen LogP contribution in [0.3, 0.4) is 0 Å². The van der Waals surface area contributed by atoms with E-state index in [1.165, 1.54) is 0 Å². The van der Waals surface area contributed by atoms with Gasteiger partial charge in [0, 0.05) is 50.3 Å². The first-order valence-electron chi connectivity index (χ1n) is 13.8. The molecule has 4 aliphatic rings. The highest BCUT2D eigenvalue weighted by Crippen LogP contribution is 2.37. The molecule has 2 fully saturated rings. The van der Waals surface area contributed by atoms with E-state index in [1.54, 1.807) is 11.1 Å². The van der Waals surface area contributed by atoms with Crippen molar-refractivity contribution in [2.24, 2.45) is 16.6 Å². The number of piperidine rings is 1. The number of terminal acetylenes is 2. The van der Waals surface area contributed by atoms with Gasteiger partial charge in [-0.1, -0.05) is 66.1 Å². The first-order chi connectivity index (χ1) is 19.5. The maximum Gasteiger partial charge on any atom is 0.298 e. The molecule has 0 aromatic carbocycles. The molecule has 1 amide bonds. The quantitative estimate of drug-likeness (QED) is 0.401. The molecule has 0 radical (unpaired) electrons. The summed E-state index contributed by atoms with van der Waals surface area (Å²) in [5.41, 5.74) is 7.56. The molecule has 0 aromatic heterocycles. The molecule has 0 aromatic rings. The van der Waals surface area contributed by atoms with Gasteiger partial charge in [0.25, 0.3) is 5.91 Å². The highest BCUT2D eigenvalue weighted by Gasteiger charge is 2.47. The average Bonchev–Trinajstić information content (AvgIpc) is 3.24. The van der Waals surface area contributed by atoms with E-state index in [0.717, 1.165) is 24.8 Å². The van der Waals surface area contributed by atoms with Crippen LogP contribution >= 0.6 is 0 Å². The second-order valence-electron chi connectivity index (χ2n) is 10.1. The van der Waals surface area contributed by atoms with Crippen molar-refractivity contribution in [3.63, 3.8) is 0 Å². The predicted molar refractivity (Wildman–Crippen MR) is 159 cm³/mol. The van der Waals surface area contributed by atoms with Crippen LogP contribution in [0.4, 0.5) is 0 Å². The lowest BCUT2D eigenvalue weighted by molar-refractivity contribution is -0.129. The highest BCUT2D eigenvalue weighted by molar-refractivity contribution is 5.93. The summed E-state index contributed by atoms with van der Waals surface area (Å²) >= 11 is 0. The van der Waals surface area contributed by atoms with E-state index < -0.39 is 0 Å². The molecule has 1 aliphatic carbocycles. The van der Waals surface area contributed by atoms with Gasteiger partial charge in [-0.3, -0.25) is 4.79 Å². The summed E-state index contributed by atoms with van der Waals surface area (Å²) in [4.78, 5) is 18.6. The number of hydrogen-bond donors (Lipinski definition) is 1. The van der Waals surface area contributed by atoms with E-state index in [2.05, 4.69) is 75.8 Å². The number of fused-ring (bicyclic) bond motifs is 1. The smallest absolute Gasteiger partial charge is 0.298 e. The number of amides is 1. The topological polar surface area (TPSA) is 74.4 Å². The Bertz CT molecular complexity index is 1300. The Morgan fingerprint density at radius 1 is 1.38 bits per heavy atom. The van der Waals surface area contributed by atoms with Crippen molar-refractivity contribution in [3.05, 3.63) is 47.9 Å². The summed E-state index contributed by atoms with van der Waals surface area (Å²) < 4.78 is 5.98. The van der Waals surface area contributed by atoms with Crippen LogP contribution in [0.5, 0.6) is 0 Å². The lowest BCUT2D eigenvalue weighted by Crippen LogP contribution is -2.55. The highest BCUT2D eigenvalue weighted by atomic mass is 16.5. The Labute approximate surface area is 238 Å². The summed E-state index contributed by atoms with van der Waals surface area (Å²) in [6, 6.07) is -0.273. The largest absolute Gasteiger partial charge is 0.384 e. The number of likely N-dealkylation sites (tertiary alicyclic amines) is 1. The van der Waals surface area contributed by atoms with E-state index in [1.807, 2.05) is 18.2 Å². The van der Waals surface area contributed by atoms with Crippen LogP contribution in [0.2, 0.25) is 0 Å². The van der Waals surface area contributed by atoms with E-state index in [0.29, 0.717) is 44.8 Å². The molecule has 0 spiro atoms. The van der Waals surface area contributed by atoms with Crippen LogP contribution in [0.25, 0.3) is 0 Å². The number of nitrogens with two attached hydrogens (primary N) is 1. The van der Waals surface area contributed by atoms with Gasteiger partial charge in [0.1, 0.15) is 11.9 Å². The zero-order chi connectivity index (χ0) is 28.3. The Morgan fingerprint density at radius 2 is 2.25 bits per heavy atom. The summed E-state index contributed by atoms with van der Waals surface area (Å²) in [5.74, 6) is 18.2. The van der Waals surface area contributed by atoms with Crippen molar-refractivity contribution in [3.8, 4) is 48.4 Å². The number of likely N-dealkylation sites (N-methyl/N-ethyl adjacent to an activating group) is 1. The molecule has 0 saturated carbocycles. The number of ether oxygens (including phenoxy) is 1. The van der Waals surface area contributed by atoms with Gasteiger partial charge >= 0.3 is 0 Å². The Morgan fingerprint density at radius 3 is 3.02 bits per heavy atom. The molecule has 7 heteroatoms. The van der Waals surface area contributed by atoms with Crippen molar-refractivity contribution < 1.29 is 9.53 Å². The zero-order valence-corrected chi connectivity index (χ0v) is 23.1. The van der Waals surface area contributed by atoms with Crippen LogP contribution in [-0.2, 0) is 9.53 Å². The first kappa shape index (κ1) is 29.0. The number of allylic oxidation sites excluding steroid dienone is 3. The van der Waals surface area contributed by atoms with Gasteiger partial charge in [-0.2, -0.15) is 0 Å². The van der Waals surface area contributed by atoms with Crippen molar-refractivity contribution in [1.29, 1.82) is 0 Å². The second-order valence-corrected chi connectivity index (χ2v) is 10.1. The van der Waals surface area contributed by atoms with Gasteiger partial charge in [-0.05, 0) is 31.6 Å². The molecular weight excluding hydrogens is 498 g/mol. The van der Waals surface area contributed by atoms with Crippen LogP contribution in [0.1, 0.15) is 38.5 Å². The molecule has 5 unspecified atom stereocenters. The molecule has 3 heterocycles. The Hall–Kier alpha value is -3.98. The summed E-state index contributed by atoms with van der Waals surface area (Å²) in [7, 11) is 2.06. The fraction of sp³-hybridized carbons (Fsp3) is 0.455. The first-order valence-corrected chi connectivity index (χ1v) is 13.8. The van der Waals surface area contributed by atoms with Crippen LogP contribution in [-0.4, -0.2) is 78.0 Å². The van der Waals surface area contributed by atoms with E-state index >= 15 is 0 Å². The van der Waals surface area contributed by atoms with Gasteiger partial charge in [-0.15, -0.1) is 12.8 Å². The molecule has 4 rings (SSSR count). The molecule has 5 atom stereocenters. The van der Waals surface area contributed by atoms with Gasteiger partial charge in [0.05, 0.1) is 25.2 Å². The van der Waals surface area contributed by atoms with Crippen molar-refractivity contribution in [2.45, 2.75) is 62.8 Å². The van der Waals surface area contributed by atoms with Crippen LogP contribution in [0, 0.1) is 54.3 Å². The standard InChI is InChI=1S/C33H37N5O2/c1-4-6-8-15-26(16-14-23-40-28-18-9-7-10-19-28)24-30-32-29(20-11-12-21-35-33(32)34)38(36(30)3)27-17-13-22-37(25-27)31(39)5-2/h1-2,7,9-10,14,16,18,21,26-30H,6,12-13,17,19,22-25,34H2,3H3/b16-14-,33-32+,35-21-. The number of carbonyl (C=O) groups excluding carboxylic acids is 1. The fourth-order valence-electron chi connectivity index (χ4n) is 5.68. The maximum absolute atomic E-state index is 12.3. The van der Waals surface area contributed by atoms with Gasteiger partial charge in [-0.25, -0.2) is 15.0 Å². The Balaban J connectivity index is 1.58. The van der Waals surface area contributed by atoms with Crippen LogP contribution in [0.15, 0.2) is 52.8 Å². The normalized spacial score (nSPS) is 29.6. The third kappa shape index (κ3) is 7.15. The Kier molecular flexibility index (Phi) is 10.5. The molecule has 3 aliphatic heterocycles. The third-order valence-electron chi connectivity index (χ3n) is 7.54. The predicted octanol–water partition coefficient (Wildman–Crippen LogP) is 2.65. The summed E-state index contributed by atoms with van der Waals surface area (Å²) in [6.07, 6.45) is 29.4. The van der Waals surface area contributed by atoms with E-state index in [9.17, 15) is 4.79 Å². The molecular formula is C33H37N5O2. The SMILES string of the molecule is C#CCC#CC(/C=C\COC1C=CC=CC1)CC1/C2=C(N)/N=C\CC#CC2N(C2CCCN(C(=O)C#C)C2)N1C. The van der Waals surface area contributed by atoms with Gasteiger partial charge in [0.2, 0.25) is 0 Å². The molecule has 206 valence electrons. The molecule has 40 heavy (non-hydrogen) atoms. The number of aliphatic imine (C=N–C) groups is 1. The number of hydrazine groups is 1. The minimum atomic E-state index is -0.275. The number of hydrogen-bond acceptors (Lipinski definition) is 6. The van der Waals surface area contributed by atoms with Crippen molar-refractivity contribution >= 4 is 12.1 Å². The fourth-order valence-corrected chi connectivity index (χ4v) is 5.68. The molecule has 2 N–H and O–H groups in total. The number of nitrogens with zero attached hydrogens (tertiary/aromatic N) is 4. The number of rotatable bonds is 7. The van der Waals surface area contributed by atoms with Crippen molar-refractivity contribution in [2.75, 3.05) is 26.7 Å². The zero-order valence-electron chi connectivity index (χ0n) is 23.1. The second kappa shape index (κ2) is 14.4. The number of carbonyl (C=O) groups is 1. The molecule has 0 bridgehead atoms. The van der Waals surface area contributed by atoms with Crippen LogP contribution < -0.4 is 5.73 Å². The monoisotopic (exact) mass is 535 g/mol. The third-order valence-corrected chi connectivity index (χ3v) is 7.54.